The maximum Gasteiger partial charge on any atom is 0.160 e. The molecule has 3 unspecified atom stereocenters. The summed E-state index contributed by atoms with van der Waals surface area (Å²) in [5.41, 5.74) is 11.4. The molecule has 6 aromatic carbocycles. The highest BCUT2D eigenvalue weighted by Gasteiger charge is 2.41. The number of aromatic nitrogens is 2. The topological polar surface area (TPSA) is 35.0 Å². The van der Waals surface area contributed by atoms with Crippen LogP contribution >= 0.6 is 0 Å². The molecule has 0 saturated carbocycles. The van der Waals surface area contributed by atoms with E-state index in [9.17, 15) is 0 Å². The Morgan fingerprint density at radius 3 is 2.33 bits per heavy atom. The van der Waals surface area contributed by atoms with Crippen molar-refractivity contribution in [2.75, 3.05) is 0 Å². The van der Waals surface area contributed by atoms with Gasteiger partial charge in [-0.25, -0.2) is 9.97 Å². The van der Waals surface area contributed by atoms with Crippen LogP contribution in [0.3, 0.4) is 0 Å². The van der Waals surface area contributed by atoms with Gasteiger partial charge in [-0.2, -0.15) is 0 Å². The molecule has 0 fully saturated rings. The second kappa shape index (κ2) is 11.3. The molecule has 232 valence electrons. The summed E-state index contributed by atoms with van der Waals surface area (Å²) in [5, 5.41) is 3.45. The minimum Gasteiger partial charge on any atom is -0.484 e. The second-order valence-corrected chi connectivity index (χ2v) is 13.2. The van der Waals surface area contributed by atoms with E-state index < -0.39 is 0 Å². The predicted molar refractivity (Wildman–Crippen MR) is 200 cm³/mol. The third-order valence-corrected chi connectivity index (χ3v) is 10.4. The van der Waals surface area contributed by atoms with E-state index >= 15 is 0 Å². The number of nitrogens with zero attached hydrogens (tertiary/aromatic N) is 2. The van der Waals surface area contributed by atoms with Gasteiger partial charge in [0.1, 0.15) is 11.9 Å². The van der Waals surface area contributed by atoms with E-state index in [-0.39, 0.29) is 12.0 Å². The van der Waals surface area contributed by atoms with Crippen LogP contribution < -0.4 is 4.74 Å². The molecule has 0 saturated heterocycles. The van der Waals surface area contributed by atoms with Gasteiger partial charge in [0, 0.05) is 39.5 Å². The first-order valence-electron chi connectivity index (χ1n) is 17.1. The summed E-state index contributed by atoms with van der Waals surface area (Å²) in [5.74, 6) is 2.06. The molecule has 0 bridgehead atoms. The Bertz CT molecular complexity index is 2520. The lowest BCUT2D eigenvalue weighted by Gasteiger charge is -2.28. The molecule has 2 aliphatic carbocycles. The van der Waals surface area contributed by atoms with Crippen LogP contribution in [0.2, 0.25) is 0 Å². The number of fused-ring (bicyclic) bond motifs is 7. The van der Waals surface area contributed by atoms with Gasteiger partial charge in [-0.15, -0.1) is 0 Å². The van der Waals surface area contributed by atoms with E-state index in [4.69, 9.17) is 14.7 Å². The minimum atomic E-state index is -0.116. The van der Waals surface area contributed by atoms with Crippen LogP contribution in [-0.2, 0) is 0 Å². The van der Waals surface area contributed by atoms with Crippen LogP contribution in [-0.4, -0.2) is 9.97 Å². The SMILES string of the molecule is C1=CCC(c2ccc(C3=CC4c5c(cccc5-c5nc(-c6ccc7ccccc7c6)c6ccccc6n5)OC4c4ccccc43)cc2)C=C1. The molecule has 10 rings (SSSR count). The molecular formula is C46H32N2O. The van der Waals surface area contributed by atoms with Crippen LogP contribution in [0.5, 0.6) is 5.75 Å². The molecule has 2 heterocycles. The van der Waals surface area contributed by atoms with Gasteiger partial charge in [0.05, 0.1) is 11.2 Å². The quantitative estimate of drug-likeness (QED) is 0.195. The number of hydrogen-bond donors (Lipinski definition) is 0. The molecule has 3 heteroatoms. The van der Waals surface area contributed by atoms with Crippen molar-refractivity contribution >= 4 is 27.2 Å². The third-order valence-electron chi connectivity index (χ3n) is 10.4. The molecule has 1 aromatic heterocycles. The van der Waals surface area contributed by atoms with Crippen LogP contribution in [0.15, 0.2) is 164 Å². The number of ether oxygens (including phenoxy) is 1. The Morgan fingerprint density at radius 1 is 0.633 bits per heavy atom. The van der Waals surface area contributed by atoms with Crippen molar-refractivity contribution in [1.82, 2.24) is 9.97 Å². The Balaban J connectivity index is 1.12. The molecule has 49 heavy (non-hydrogen) atoms. The van der Waals surface area contributed by atoms with Crippen LogP contribution in [0.4, 0.5) is 0 Å². The summed E-state index contributed by atoms with van der Waals surface area (Å²) in [6.45, 7) is 0. The molecule has 0 spiro atoms. The highest BCUT2D eigenvalue weighted by molar-refractivity contribution is 5.97. The molecule has 7 aromatic rings. The highest BCUT2D eigenvalue weighted by Crippen LogP contribution is 2.55. The molecule has 0 N–H and O–H groups in total. The number of benzene rings is 6. The fourth-order valence-electron chi connectivity index (χ4n) is 7.98. The summed E-state index contributed by atoms with van der Waals surface area (Å²) in [6.07, 6.45) is 12.2. The van der Waals surface area contributed by atoms with Crippen molar-refractivity contribution in [3.63, 3.8) is 0 Å². The van der Waals surface area contributed by atoms with Crippen molar-refractivity contribution < 1.29 is 4.74 Å². The lowest BCUT2D eigenvalue weighted by atomic mass is 9.77. The maximum atomic E-state index is 6.82. The first-order chi connectivity index (χ1) is 24.3. The summed E-state index contributed by atoms with van der Waals surface area (Å²) in [7, 11) is 0. The number of para-hydroxylation sites is 1. The van der Waals surface area contributed by atoms with Gasteiger partial charge < -0.3 is 4.74 Å². The lowest BCUT2D eigenvalue weighted by molar-refractivity contribution is 0.223. The third kappa shape index (κ3) is 4.65. The zero-order chi connectivity index (χ0) is 32.3. The second-order valence-electron chi connectivity index (χ2n) is 13.2. The van der Waals surface area contributed by atoms with Crippen molar-refractivity contribution in [1.29, 1.82) is 0 Å². The zero-order valence-electron chi connectivity index (χ0n) is 26.8. The lowest BCUT2D eigenvalue weighted by Crippen LogP contribution is -2.16. The monoisotopic (exact) mass is 628 g/mol. The molecule has 1 aliphatic heterocycles. The Hall–Kier alpha value is -6.06. The molecule has 0 radical (unpaired) electrons. The number of hydrogen-bond acceptors (Lipinski definition) is 3. The Kier molecular flexibility index (Phi) is 6.45. The van der Waals surface area contributed by atoms with Gasteiger partial charge in [-0.3, -0.25) is 0 Å². The first kappa shape index (κ1) is 28.0. The first-order valence-corrected chi connectivity index (χ1v) is 17.1. The molecule has 3 atom stereocenters. The average molecular weight is 629 g/mol. The van der Waals surface area contributed by atoms with Gasteiger partial charge in [-0.05, 0) is 57.7 Å². The van der Waals surface area contributed by atoms with E-state index in [1.165, 1.54) is 38.6 Å². The van der Waals surface area contributed by atoms with Crippen molar-refractivity contribution in [3.05, 3.63) is 192 Å². The predicted octanol–water partition coefficient (Wildman–Crippen LogP) is 11.4. The van der Waals surface area contributed by atoms with Gasteiger partial charge in [-0.1, -0.05) is 146 Å². The fourth-order valence-corrected chi connectivity index (χ4v) is 7.98. The largest absolute Gasteiger partial charge is 0.484 e. The summed E-state index contributed by atoms with van der Waals surface area (Å²) in [6, 6.07) is 47.6. The standard InChI is InChI=1S/C46H32N2O/c1-2-11-29(12-3-1)31-21-24-32(25-22-31)39-28-40-43-38(18-10-20-42(43)49-45(40)36-16-7-6-15-35(36)39)46-47-41-19-9-8-17-37(41)44(48-46)34-26-23-30-13-4-5-14-33(30)27-34/h1-11,13-29,40,45H,12H2. The Labute approximate surface area is 285 Å². The highest BCUT2D eigenvalue weighted by atomic mass is 16.5. The number of allylic oxidation sites excluding steroid dienone is 4. The van der Waals surface area contributed by atoms with E-state index in [1.54, 1.807) is 0 Å². The maximum absolute atomic E-state index is 6.82. The van der Waals surface area contributed by atoms with E-state index in [0.717, 1.165) is 51.3 Å². The van der Waals surface area contributed by atoms with Crippen LogP contribution in [0, 0.1) is 0 Å². The van der Waals surface area contributed by atoms with Gasteiger partial charge in [0.25, 0.3) is 0 Å². The van der Waals surface area contributed by atoms with Gasteiger partial charge in [0.2, 0.25) is 0 Å². The zero-order valence-corrected chi connectivity index (χ0v) is 26.8. The normalized spacial score (nSPS) is 18.9. The molecule has 0 amide bonds. The summed E-state index contributed by atoms with van der Waals surface area (Å²) >= 11 is 0. The number of rotatable bonds is 4. The van der Waals surface area contributed by atoms with E-state index in [2.05, 4.69) is 164 Å². The minimum absolute atomic E-state index is 0.0152. The van der Waals surface area contributed by atoms with Crippen molar-refractivity contribution in [2.45, 2.75) is 24.4 Å². The van der Waals surface area contributed by atoms with Gasteiger partial charge in [0.15, 0.2) is 5.82 Å². The summed E-state index contributed by atoms with van der Waals surface area (Å²) < 4.78 is 6.82. The molecule has 3 aliphatic rings. The smallest absolute Gasteiger partial charge is 0.160 e. The van der Waals surface area contributed by atoms with E-state index in [1.807, 2.05) is 0 Å². The average Bonchev–Trinajstić information content (AvgIpc) is 3.56. The van der Waals surface area contributed by atoms with Crippen LogP contribution in [0.1, 0.15) is 52.2 Å². The Morgan fingerprint density at radius 2 is 1.43 bits per heavy atom. The van der Waals surface area contributed by atoms with E-state index in [0.29, 0.717) is 5.92 Å². The molecule has 3 nitrogen and oxygen atoms in total. The van der Waals surface area contributed by atoms with Gasteiger partial charge >= 0.3 is 0 Å². The van der Waals surface area contributed by atoms with Crippen molar-refractivity contribution in [3.8, 4) is 28.4 Å². The van der Waals surface area contributed by atoms with Crippen molar-refractivity contribution in [2.24, 2.45) is 0 Å². The van der Waals surface area contributed by atoms with Crippen LogP contribution in [0.25, 0.3) is 49.9 Å². The molecular weight excluding hydrogens is 597 g/mol. The summed E-state index contributed by atoms with van der Waals surface area (Å²) in [4.78, 5) is 10.5. The fraction of sp³-hybridized carbons (Fsp3) is 0.0870.